The molecule has 0 aliphatic carbocycles. The van der Waals surface area contributed by atoms with Gasteiger partial charge in [0.15, 0.2) is 0 Å². The van der Waals surface area contributed by atoms with Gasteiger partial charge in [-0.25, -0.2) is 13.2 Å². The molecule has 0 atom stereocenters. The second-order valence-corrected chi connectivity index (χ2v) is 6.50. The van der Waals surface area contributed by atoms with Gasteiger partial charge < -0.3 is 0 Å². The van der Waals surface area contributed by atoms with E-state index in [1.54, 1.807) is 30.3 Å². The van der Waals surface area contributed by atoms with Crippen LogP contribution in [0.1, 0.15) is 25.8 Å². The van der Waals surface area contributed by atoms with Crippen molar-refractivity contribution >= 4 is 6.08 Å². The fraction of sp³-hybridized carbons (Fsp3) is 0.167. The van der Waals surface area contributed by atoms with Crippen LogP contribution in [0.25, 0.3) is 28.3 Å². The molecule has 0 amide bonds. The van der Waals surface area contributed by atoms with Crippen molar-refractivity contribution in [3.63, 3.8) is 0 Å². The van der Waals surface area contributed by atoms with Crippen LogP contribution in [0.15, 0.2) is 66.7 Å². The van der Waals surface area contributed by atoms with Crippen molar-refractivity contribution in [2.75, 3.05) is 0 Å². The molecule has 0 aromatic heterocycles. The summed E-state index contributed by atoms with van der Waals surface area (Å²) in [6.45, 7) is 4.25. The molecule has 3 rings (SSSR count). The Bertz CT molecular complexity index is 981. The summed E-state index contributed by atoms with van der Waals surface area (Å²) in [5.41, 5.74) is 0.359. The maximum atomic E-state index is 14.5. The Morgan fingerprint density at radius 3 is 1.73 bits per heavy atom. The second-order valence-electron chi connectivity index (χ2n) is 6.50. The van der Waals surface area contributed by atoms with E-state index in [9.17, 15) is 26.3 Å². The lowest BCUT2D eigenvalue weighted by Gasteiger charge is -2.09. The van der Waals surface area contributed by atoms with E-state index in [2.05, 4.69) is 13.8 Å². The molecule has 30 heavy (non-hydrogen) atoms. The molecule has 6 heteroatoms. The summed E-state index contributed by atoms with van der Waals surface area (Å²) in [5, 5.41) is 0. The van der Waals surface area contributed by atoms with Crippen molar-refractivity contribution in [1.29, 1.82) is 0 Å². The average Bonchev–Trinajstić information content (AvgIpc) is 2.67. The van der Waals surface area contributed by atoms with Gasteiger partial charge in [0.25, 0.3) is 0 Å². The van der Waals surface area contributed by atoms with Gasteiger partial charge in [-0.15, -0.1) is 0 Å². The molecule has 0 fully saturated rings. The zero-order valence-corrected chi connectivity index (χ0v) is 16.4. The van der Waals surface area contributed by atoms with Gasteiger partial charge in [0.1, 0.15) is 17.5 Å². The fourth-order valence-electron chi connectivity index (χ4n) is 2.64. The van der Waals surface area contributed by atoms with Crippen LogP contribution in [0.5, 0.6) is 0 Å². The summed E-state index contributed by atoms with van der Waals surface area (Å²) in [7, 11) is 0. The molecule has 3 aromatic rings. The van der Waals surface area contributed by atoms with E-state index < -0.39 is 29.2 Å². The molecule has 0 saturated carbocycles. The second kappa shape index (κ2) is 10.1. The maximum Gasteiger partial charge on any atom is 0.409 e. The van der Waals surface area contributed by atoms with Gasteiger partial charge in [-0.2, -0.15) is 13.2 Å². The molecule has 0 radical (unpaired) electrons. The van der Waals surface area contributed by atoms with Gasteiger partial charge in [0.05, 0.1) is 0 Å². The van der Waals surface area contributed by atoms with Crippen molar-refractivity contribution < 1.29 is 26.3 Å². The summed E-state index contributed by atoms with van der Waals surface area (Å²) >= 11 is 0. The smallest absolute Gasteiger partial charge is 0.206 e. The maximum absolute atomic E-state index is 14.5. The minimum Gasteiger partial charge on any atom is -0.206 e. The highest BCUT2D eigenvalue weighted by Crippen LogP contribution is 2.31. The number of allylic oxidation sites excluding steroid dienone is 1. The van der Waals surface area contributed by atoms with Crippen LogP contribution in [0, 0.1) is 17.5 Å². The van der Waals surface area contributed by atoms with Crippen molar-refractivity contribution in [2.24, 2.45) is 0 Å². The number of benzene rings is 3. The zero-order chi connectivity index (χ0) is 22.3. The first-order valence-corrected chi connectivity index (χ1v) is 9.26. The third-order valence-electron chi connectivity index (χ3n) is 3.91. The zero-order valence-electron chi connectivity index (χ0n) is 16.4. The van der Waals surface area contributed by atoms with E-state index in [1.807, 2.05) is 6.07 Å². The molecule has 0 N–H and O–H groups in total. The number of hydrogen-bond donors (Lipinski definition) is 0. The summed E-state index contributed by atoms with van der Waals surface area (Å²) in [4.78, 5) is 0. The highest BCUT2D eigenvalue weighted by Gasteiger charge is 2.23. The van der Waals surface area contributed by atoms with Crippen LogP contribution < -0.4 is 0 Å². The summed E-state index contributed by atoms with van der Waals surface area (Å²) in [6.07, 6.45) is -3.40. The van der Waals surface area contributed by atoms with Gasteiger partial charge in [-0.3, -0.25) is 0 Å². The quantitative estimate of drug-likeness (QED) is 0.372. The molecule has 0 nitrogen and oxygen atoms in total. The van der Waals surface area contributed by atoms with Gasteiger partial charge in [0, 0.05) is 17.2 Å². The molecule has 0 aliphatic rings. The Kier molecular flexibility index (Phi) is 7.86. The largest absolute Gasteiger partial charge is 0.409 e. The van der Waals surface area contributed by atoms with Gasteiger partial charge in [-0.1, -0.05) is 62.7 Å². The molecule has 3 aromatic carbocycles. The summed E-state index contributed by atoms with van der Waals surface area (Å²) < 4.78 is 79.2. The Morgan fingerprint density at radius 1 is 0.700 bits per heavy atom. The molecule has 0 saturated heterocycles. The van der Waals surface area contributed by atoms with E-state index >= 15 is 0 Å². The van der Waals surface area contributed by atoms with E-state index in [-0.39, 0.29) is 17.2 Å². The predicted octanol–water partition coefficient (Wildman–Crippen LogP) is 8.43. The van der Waals surface area contributed by atoms with Crippen LogP contribution in [0.3, 0.4) is 0 Å². The number of halogens is 6. The Balaban J connectivity index is 0.00000101. The van der Waals surface area contributed by atoms with Gasteiger partial charge in [0.2, 0.25) is 0 Å². The van der Waals surface area contributed by atoms with Crippen LogP contribution >= 0.6 is 0 Å². The fourth-order valence-corrected chi connectivity index (χ4v) is 2.64. The predicted molar refractivity (Wildman–Crippen MR) is 108 cm³/mol. The molecule has 0 aliphatic heterocycles. The monoisotopic (exact) mass is 422 g/mol. The van der Waals surface area contributed by atoms with E-state index in [1.165, 1.54) is 18.6 Å². The lowest BCUT2D eigenvalue weighted by Crippen LogP contribution is -2.01. The normalized spacial score (nSPS) is 11.3. The van der Waals surface area contributed by atoms with E-state index in [0.717, 1.165) is 17.7 Å². The average molecular weight is 422 g/mol. The minimum atomic E-state index is -4.70. The number of hydrogen-bond acceptors (Lipinski definition) is 0. The first kappa shape index (κ1) is 23.3. The highest BCUT2D eigenvalue weighted by molar-refractivity contribution is 5.72. The number of rotatable bonds is 3. The van der Waals surface area contributed by atoms with Crippen LogP contribution in [0.4, 0.5) is 26.3 Å². The first-order valence-electron chi connectivity index (χ1n) is 9.26. The van der Waals surface area contributed by atoms with E-state index in [4.69, 9.17) is 0 Å². The minimum absolute atomic E-state index is 0.0566. The highest BCUT2D eigenvalue weighted by atomic mass is 19.4. The summed E-state index contributed by atoms with van der Waals surface area (Å²) in [5.74, 6) is -3.12. The first-order chi connectivity index (χ1) is 14.2. The summed E-state index contributed by atoms with van der Waals surface area (Å²) in [6, 6.07) is 14.8. The van der Waals surface area contributed by atoms with Gasteiger partial charge in [-0.05, 0) is 41.0 Å². The molecular weight excluding hydrogens is 402 g/mol. The molecule has 0 spiro atoms. The molecular formula is C24H20F6. The molecule has 0 bridgehead atoms. The lowest BCUT2D eigenvalue weighted by molar-refractivity contribution is -0.0790. The molecule has 0 heterocycles. The Morgan fingerprint density at radius 2 is 1.23 bits per heavy atom. The third kappa shape index (κ3) is 6.24. The van der Waals surface area contributed by atoms with Crippen molar-refractivity contribution in [3.05, 3.63) is 89.8 Å². The van der Waals surface area contributed by atoms with Crippen LogP contribution in [-0.4, -0.2) is 6.18 Å². The SMILES string of the molecule is CCC.Fc1cc(-c2ccccc2)ccc1-c1cc(F)c(/C=C/C(F)(F)F)c(F)c1. The van der Waals surface area contributed by atoms with Crippen LogP contribution in [0.2, 0.25) is 0 Å². The Hall–Kier alpha value is -3.02. The lowest BCUT2D eigenvalue weighted by atomic mass is 9.98. The van der Waals surface area contributed by atoms with Gasteiger partial charge >= 0.3 is 6.18 Å². The Labute approximate surface area is 171 Å². The van der Waals surface area contributed by atoms with Crippen molar-refractivity contribution in [3.8, 4) is 22.3 Å². The van der Waals surface area contributed by atoms with Crippen molar-refractivity contribution in [2.45, 2.75) is 26.4 Å². The van der Waals surface area contributed by atoms with E-state index in [0.29, 0.717) is 11.6 Å². The molecule has 0 unspecified atom stereocenters. The van der Waals surface area contributed by atoms with Crippen molar-refractivity contribution in [1.82, 2.24) is 0 Å². The topological polar surface area (TPSA) is 0 Å². The standard InChI is InChI=1S/C21H12F6.C3H8/c22-18-10-14(13-4-2-1-3-5-13)6-7-16(18)15-11-19(23)17(20(24)12-15)8-9-21(25,26)27;1-3-2/h1-12H;3H2,1-2H3/b9-8+;. The van der Waals surface area contributed by atoms with Crippen LogP contribution in [-0.2, 0) is 0 Å². The number of alkyl halides is 3. The third-order valence-corrected chi connectivity index (χ3v) is 3.91. The molecule has 158 valence electrons.